The van der Waals surface area contributed by atoms with E-state index in [9.17, 15) is 4.79 Å². The molecule has 0 unspecified atom stereocenters. The van der Waals surface area contributed by atoms with Gasteiger partial charge >= 0.3 is 5.97 Å². The van der Waals surface area contributed by atoms with Crippen LogP contribution in [0.5, 0.6) is 17.2 Å². The molecule has 0 bridgehead atoms. The van der Waals surface area contributed by atoms with E-state index < -0.39 is 5.97 Å². The largest absolute Gasteiger partial charge is 0.493 e. The Bertz CT molecular complexity index is 779. The zero-order valence-electron chi connectivity index (χ0n) is 16.6. The summed E-state index contributed by atoms with van der Waals surface area (Å²) in [5.41, 5.74) is 1.83. The number of nitrogens with zero attached hydrogens (tertiary/aromatic N) is 1. The van der Waals surface area contributed by atoms with Crippen LogP contribution in [-0.4, -0.2) is 39.6 Å². The first-order valence-electron chi connectivity index (χ1n) is 8.81. The highest BCUT2D eigenvalue weighted by Crippen LogP contribution is 2.38. The molecule has 150 valence electrons. The van der Waals surface area contributed by atoms with Gasteiger partial charge in [-0.3, -0.25) is 0 Å². The SMILES string of the molecule is CCOC(=O)/C(Cc1cc(OC)c(OC)c(OC)c1)=N\OCc1ccccc1. The molecule has 0 heterocycles. The maximum absolute atomic E-state index is 12.3. The Morgan fingerprint density at radius 2 is 1.57 bits per heavy atom. The van der Waals surface area contributed by atoms with Gasteiger partial charge in [0.15, 0.2) is 17.2 Å². The van der Waals surface area contributed by atoms with Gasteiger partial charge in [0.25, 0.3) is 0 Å². The molecule has 2 rings (SSSR count). The summed E-state index contributed by atoms with van der Waals surface area (Å²) in [6.07, 6.45) is 0.185. The maximum atomic E-state index is 12.3. The second kappa shape index (κ2) is 10.8. The maximum Gasteiger partial charge on any atom is 0.356 e. The number of oxime groups is 1. The lowest BCUT2D eigenvalue weighted by atomic mass is 10.1. The molecule has 0 aromatic heterocycles. The van der Waals surface area contributed by atoms with E-state index in [-0.39, 0.29) is 25.3 Å². The molecule has 2 aromatic rings. The zero-order valence-corrected chi connectivity index (χ0v) is 16.6. The van der Waals surface area contributed by atoms with Crippen molar-refractivity contribution in [2.45, 2.75) is 20.0 Å². The van der Waals surface area contributed by atoms with E-state index >= 15 is 0 Å². The molecule has 0 atom stereocenters. The van der Waals surface area contributed by atoms with Gasteiger partial charge in [0.1, 0.15) is 6.61 Å². The van der Waals surface area contributed by atoms with E-state index in [1.165, 1.54) is 21.3 Å². The lowest BCUT2D eigenvalue weighted by Gasteiger charge is -2.14. The van der Waals surface area contributed by atoms with Crippen LogP contribution in [0.2, 0.25) is 0 Å². The van der Waals surface area contributed by atoms with E-state index in [0.29, 0.717) is 17.2 Å². The number of hydrogen-bond acceptors (Lipinski definition) is 7. The van der Waals surface area contributed by atoms with Gasteiger partial charge in [-0.2, -0.15) is 0 Å². The van der Waals surface area contributed by atoms with Crippen LogP contribution in [0.1, 0.15) is 18.1 Å². The fourth-order valence-electron chi connectivity index (χ4n) is 2.55. The summed E-state index contributed by atoms with van der Waals surface area (Å²) in [5, 5.41) is 4.02. The van der Waals surface area contributed by atoms with Crippen molar-refractivity contribution >= 4 is 11.7 Å². The van der Waals surface area contributed by atoms with Gasteiger partial charge in [0, 0.05) is 6.42 Å². The monoisotopic (exact) mass is 387 g/mol. The summed E-state index contributed by atoms with van der Waals surface area (Å²) in [6, 6.07) is 13.1. The molecule has 2 aromatic carbocycles. The molecule has 7 nitrogen and oxygen atoms in total. The van der Waals surface area contributed by atoms with Crippen molar-refractivity contribution in [2.75, 3.05) is 27.9 Å². The van der Waals surface area contributed by atoms with E-state index in [4.69, 9.17) is 23.8 Å². The van der Waals surface area contributed by atoms with E-state index in [1.807, 2.05) is 30.3 Å². The third kappa shape index (κ3) is 5.64. The fraction of sp³-hybridized carbons (Fsp3) is 0.333. The minimum atomic E-state index is -0.538. The lowest BCUT2D eigenvalue weighted by Crippen LogP contribution is -2.20. The topological polar surface area (TPSA) is 75.6 Å². The van der Waals surface area contributed by atoms with Gasteiger partial charge in [0.05, 0.1) is 27.9 Å². The van der Waals surface area contributed by atoms with Crippen LogP contribution in [0.25, 0.3) is 0 Å². The molecule has 28 heavy (non-hydrogen) atoms. The van der Waals surface area contributed by atoms with E-state index in [1.54, 1.807) is 19.1 Å². The molecule has 0 spiro atoms. The molecular weight excluding hydrogens is 362 g/mol. The van der Waals surface area contributed by atoms with Gasteiger partial charge in [0.2, 0.25) is 5.75 Å². The molecule has 0 saturated carbocycles. The van der Waals surface area contributed by atoms with Crippen molar-refractivity contribution in [2.24, 2.45) is 5.16 Å². The Labute approximate surface area is 164 Å². The van der Waals surface area contributed by atoms with Crippen LogP contribution in [0.3, 0.4) is 0 Å². The molecular formula is C21H25NO6. The van der Waals surface area contributed by atoms with Crippen LogP contribution >= 0.6 is 0 Å². The Kier molecular flexibility index (Phi) is 8.14. The molecule has 0 aliphatic rings. The van der Waals surface area contributed by atoms with Crippen molar-refractivity contribution in [1.29, 1.82) is 0 Å². The molecule has 0 N–H and O–H groups in total. The minimum Gasteiger partial charge on any atom is -0.493 e. The van der Waals surface area contributed by atoms with Crippen LogP contribution in [-0.2, 0) is 27.4 Å². The van der Waals surface area contributed by atoms with Gasteiger partial charge in [-0.1, -0.05) is 35.5 Å². The van der Waals surface area contributed by atoms with Crippen LogP contribution in [0, 0.1) is 0 Å². The predicted octanol–water partition coefficient (Wildman–Crippen LogP) is 3.39. The summed E-state index contributed by atoms with van der Waals surface area (Å²) in [4.78, 5) is 17.7. The number of methoxy groups -OCH3 is 3. The molecule has 0 aliphatic heterocycles. The quantitative estimate of drug-likeness (QED) is 0.353. The number of benzene rings is 2. The summed E-state index contributed by atoms with van der Waals surface area (Å²) in [5.74, 6) is 0.920. The minimum absolute atomic E-state index is 0.145. The third-order valence-corrected chi connectivity index (χ3v) is 3.86. The second-order valence-electron chi connectivity index (χ2n) is 5.73. The van der Waals surface area contributed by atoms with E-state index in [0.717, 1.165) is 11.1 Å². The molecule has 7 heteroatoms. The van der Waals surface area contributed by atoms with Crippen LogP contribution in [0.4, 0.5) is 0 Å². The summed E-state index contributed by atoms with van der Waals surface area (Å²) in [7, 11) is 4.59. The first-order valence-corrected chi connectivity index (χ1v) is 8.81. The van der Waals surface area contributed by atoms with Crippen LogP contribution in [0.15, 0.2) is 47.6 Å². The van der Waals surface area contributed by atoms with Gasteiger partial charge in [-0.25, -0.2) is 4.79 Å². The zero-order chi connectivity index (χ0) is 20.4. The smallest absolute Gasteiger partial charge is 0.356 e. The molecule has 0 radical (unpaired) electrons. The first-order chi connectivity index (χ1) is 13.6. The van der Waals surface area contributed by atoms with E-state index in [2.05, 4.69) is 5.16 Å². The highest BCUT2D eigenvalue weighted by molar-refractivity contribution is 6.36. The summed E-state index contributed by atoms with van der Waals surface area (Å²) in [6.45, 7) is 2.23. The highest BCUT2D eigenvalue weighted by Gasteiger charge is 2.19. The van der Waals surface area contributed by atoms with Crippen molar-refractivity contribution in [1.82, 2.24) is 0 Å². The number of hydrogen-bond donors (Lipinski definition) is 0. The number of rotatable bonds is 10. The van der Waals surface area contributed by atoms with Gasteiger partial charge in [-0.15, -0.1) is 0 Å². The predicted molar refractivity (Wildman–Crippen MR) is 105 cm³/mol. The first kappa shape index (κ1) is 21.1. The average Bonchev–Trinajstić information content (AvgIpc) is 2.73. The van der Waals surface area contributed by atoms with Crippen molar-refractivity contribution in [3.63, 3.8) is 0 Å². The van der Waals surface area contributed by atoms with Crippen LogP contribution < -0.4 is 14.2 Å². The van der Waals surface area contributed by atoms with Crippen molar-refractivity contribution < 1.29 is 28.6 Å². The fourth-order valence-corrected chi connectivity index (χ4v) is 2.55. The Balaban J connectivity index is 2.24. The standard InChI is InChI=1S/C21H25NO6/c1-5-27-21(23)17(22-28-14-15-9-7-6-8-10-15)11-16-12-18(24-2)20(26-4)19(13-16)25-3/h6-10,12-13H,5,11,14H2,1-4H3/b22-17-. The number of ether oxygens (including phenoxy) is 4. The number of carbonyl (C=O) groups is 1. The van der Waals surface area contributed by atoms with Gasteiger partial charge < -0.3 is 23.8 Å². The molecule has 0 aliphatic carbocycles. The summed E-state index contributed by atoms with van der Waals surface area (Å²) < 4.78 is 21.1. The normalized spacial score (nSPS) is 10.9. The third-order valence-electron chi connectivity index (χ3n) is 3.86. The lowest BCUT2D eigenvalue weighted by molar-refractivity contribution is -0.135. The Morgan fingerprint density at radius 1 is 0.929 bits per heavy atom. The summed E-state index contributed by atoms with van der Waals surface area (Å²) >= 11 is 0. The van der Waals surface area contributed by atoms with Gasteiger partial charge in [-0.05, 0) is 30.2 Å². The highest BCUT2D eigenvalue weighted by atomic mass is 16.6. The Hall–Kier alpha value is -3.22. The average molecular weight is 387 g/mol. The molecule has 0 fully saturated rings. The number of esters is 1. The molecule has 0 saturated heterocycles. The van der Waals surface area contributed by atoms with Crippen molar-refractivity contribution in [3.8, 4) is 17.2 Å². The number of carbonyl (C=O) groups excluding carboxylic acids is 1. The Morgan fingerprint density at radius 3 is 2.11 bits per heavy atom. The second-order valence-corrected chi connectivity index (χ2v) is 5.73. The molecule has 0 amide bonds. The van der Waals surface area contributed by atoms with Crippen molar-refractivity contribution in [3.05, 3.63) is 53.6 Å².